The van der Waals surface area contributed by atoms with Gasteiger partial charge in [0.05, 0.1) is 13.0 Å². The highest BCUT2D eigenvalue weighted by atomic mass is 16.5. The molecule has 1 atom stereocenters. The Kier molecular flexibility index (Phi) is 15.9. The Bertz CT molecular complexity index is 339. The van der Waals surface area contributed by atoms with Gasteiger partial charge in [0, 0.05) is 6.04 Å². The maximum absolute atomic E-state index is 11.9. The first kappa shape index (κ1) is 24.5. The topological polar surface area (TPSA) is 29.5 Å². The minimum atomic E-state index is -0.0101. The summed E-state index contributed by atoms with van der Waals surface area (Å²) in [5, 5.41) is 0. The second kappa shape index (κ2) is 17.5. The van der Waals surface area contributed by atoms with Gasteiger partial charge in [-0.2, -0.15) is 0 Å². The molecule has 0 radical (unpaired) electrons. The second-order valence-corrected chi connectivity index (χ2v) is 8.44. The first-order chi connectivity index (χ1) is 13.3. The second-order valence-electron chi connectivity index (χ2n) is 8.44. The molecule has 0 bridgehead atoms. The molecule has 0 spiro atoms. The van der Waals surface area contributed by atoms with E-state index in [9.17, 15) is 4.79 Å². The Morgan fingerprint density at radius 1 is 0.778 bits per heavy atom. The maximum atomic E-state index is 11.9. The molecule has 1 aliphatic heterocycles. The predicted molar refractivity (Wildman–Crippen MR) is 116 cm³/mol. The van der Waals surface area contributed by atoms with Crippen molar-refractivity contribution in [3.63, 3.8) is 0 Å². The van der Waals surface area contributed by atoms with Crippen LogP contribution >= 0.6 is 0 Å². The summed E-state index contributed by atoms with van der Waals surface area (Å²) in [6, 6.07) is 0.416. The van der Waals surface area contributed by atoms with Crippen LogP contribution in [0, 0.1) is 0 Å². The van der Waals surface area contributed by atoms with Crippen LogP contribution in [0.3, 0.4) is 0 Å². The first-order valence-corrected chi connectivity index (χ1v) is 12.2. The van der Waals surface area contributed by atoms with Gasteiger partial charge in [-0.3, -0.25) is 9.69 Å². The quantitative estimate of drug-likeness (QED) is 0.191. The molecule has 1 unspecified atom stereocenters. The van der Waals surface area contributed by atoms with Crippen LogP contribution in [0.25, 0.3) is 0 Å². The van der Waals surface area contributed by atoms with Crippen molar-refractivity contribution in [2.24, 2.45) is 0 Å². The minimum absolute atomic E-state index is 0.0101. The minimum Gasteiger partial charge on any atom is -0.466 e. The van der Waals surface area contributed by atoms with E-state index in [0.717, 1.165) is 6.42 Å². The Labute approximate surface area is 169 Å². The van der Waals surface area contributed by atoms with E-state index in [1.807, 2.05) is 6.92 Å². The third-order valence-corrected chi connectivity index (χ3v) is 6.01. The standard InChI is InChI=1S/C24H47NO2/c1-3-5-6-7-8-9-10-11-12-13-14-15-16-19-23(22-24(26)27-4-2)25-20-17-18-21-25/h23H,3-22H2,1-2H3. The normalized spacial score (nSPS) is 15.9. The van der Waals surface area contributed by atoms with Crippen molar-refractivity contribution in [2.45, 2.75) is 129 Å². The number of rotatable bonds is 18. The fourth-order valence-electron chi connectivity index (χ4n) is 4.33. The molecule has 0 N–H and O–H groups in total. The fraction of sp³-hybridized carbons (Fsp3) is 0.958. The molecule has 0 amide bonds. The molecule has 0 aromatic rings. The first-order valence-electron chi connectivity index (χ1n) is 12.2. The average molecular weight is 382 g/mol. The van der Waals surface area contributed by atoms with Crippen LogP contribution in [0.4, 0.5) is 0 Å². The lowest BCUT2D eigenvalue weighted by Gasteiger charge is -2.26. The van der Waals surface area contributed by atoms with Crippen molar-refractivity contribution in [1.82, 2.24) is 4.90 Å². The number of carbonyl (C=O) groups is 1. The van der Waals surface area contributed by atoms with Crippen LogP contribution in [0.2, 0.25) is 0 Å². The Balaban J connectivity index is 1.98. The molecule has 0 aromatic heterocycles. The molecule has 27 heavy (non-hydrogen) atoms. The summed E-state index contributed by atoms with van der Waals surface area (Å²) in [5.41, 5.74) is 0. The van der Waals surface area contributed by atoms with Gasteiger partial charge in [-0.25, -0.2) is 0 Å². The number of ether oxygens (including phenoxy) is 1. The van der Waals surface area contributed by atoms with Crippen LogP contribution in [0.15, 0.2) is 0 Å². The van der Waals surface area contributed by atoms with E-state index in [0.29, 0.717) is 19.1 Å². The lowest BCUT2D eigenvalue weighted by atomic mass is 10.0. The summed E-state index contributed by atoms with van der Waals surface area (Å²) in [5.74, 6) is -0.0101. The van der Waals surface area contributed by atoms with Gasteiger partial charge in [0.25, 0.3) is 0 Å². The molecular formula is C24H47NO2. The monoisotopic (exact) mass is 381 g/mol. The van der Waals surface area contributed by atoms with E-state index in [1.165, 1.54) is 109 Å². The van der Waals surface area contributed by atoms with Crippen LogP contribution in [0.5, 0.6) is 0 Å². The molecule has 1 heterocycles. The molecular weight excluding hydrogens is 334 g/mol. The number of hydrogen-bond donors (Lipinski definition) is 0. The largest absolute Gasteiger partial charge is 0.466 e. The van der Waals surface area contributed by atoms with E-state index < -0.39 is 0 Å². The van der Waals surface area contributed by atoms with Crippen LogP contribution in [-0.2, 0) is 9.53 Å². The van der Waals surface area contributed by atoms with Gasteiger partial charge in [-0.05, 0) is 39.3 Å². The van der Waals surface area contributed by atoms with Gasteiger partial charge in [-0.1, -0.05) is 90.4 Å². The average Bonchev–Trinajstić information content (AvgIpc) is 3.19. The van der Waals surface area contributed by atoms with Gasteiger partial charge in [-0.15, -0.1) is 0 Å². The molecule has 3 nitrogen and oxygen atoms in total. The highest BCUT2D eigenvalue weighted by molar-refractivity contribution is 5.70. The Morgan fingerprint density at radius 2 is 1.26 bits per heavy atom. The van der Waals surface area contributed by atoms with Gasteiger partial charge >= 0.3 is 5.97 Å². The van der Waals surface area contributed by atoms with Crippen LogP contribution in [-0.4, -0.2) is 36.6 Å². The van der Waals surface area contributed by atoms with E-state index in [2.05, 4.69) is 11.8 Å². The smallest absolute Gasteiger partial charge is 0.307 e. The van der Waals surface area contributed by atoms with Gasteiger partial charge in [0.2, 0.25) is 0 Å². The zero-order valence-electron chi connectivity index (χ0n) is 18.5. The van der Waals surface area contributed by atoms with E-state index in [4.69, 9.17) is 4.74 Å². The van der Waals surface area contributed by atoms with E-state index >= 15 is 0 Å². The van der Waals surface area contributed by atoms with Crippen molar-refractivity contribution in [3.8, 4) is 0 Å². The highest BCUT2D eigenvalue weighted by Gasteiger charge is 2.24. The van der Waals surface area contributed by atoms with Crippen molar-refractivity contribution in [2.75, 3.05) is 19.7 Å². The SMILES string of the molecule is CCCCCCCCCCCCCCCC(CC(=O)OCC)N1CCCC1. The molecule has 0 aromatic carbocycles. The molecule has 1 aliphatic rings. The van der Waals surface area contributed by atoms with Crippen molar-refractivity contribution < 1.29 is 9.53 Å². The number of unbranched alkanes of at least 4 members (excludes halogenated alkanes) is 12. The zero-order chi connectivity index (χ0) is 19.6. The molecule has 1 fully saturated rings. The number of likely N-dealkylation sites (tertiary alicyclic amines) is 1. The van der Waals surface area contributed by atoms with Crippen molar-refractivity contribution in [3.05, 3.63) is 0 Å². The number of hydrogen-bond acceptors (Lipinski definition) is 3. The Hall–Kier alpha value is -0.570. The third-order valence-electron chi connectivity index (χ3n) is 6.01. The molecule has 0 saturated carbocycles. The molecule has 160 valence electrons. The van der Waals surface area contributed by atoms with E-state index in [1.54, 1.807) is 0 Å². The summed E-state index contributed by atoms with van der Waals surface area (Å²) < 4.78 is 5.19. The molecule has 1 saturated heterocycles. The van der Waals surface area contributed by atoms with E-state index in [-0.39, 0.29) is 5.97 Å². The van der Waals surface area contributed by atoms with Gasteiger partial charge in [0.15, 0.2) is 0 Å². The summed E-state index contributed by atoms with van der Waals surface area (Å²) in [6.07, 6.45) is 22.5. The summed E-state index contributed by atoms with van der Waals surface area (Å²) in [6.45, 7) is 7.03. The highest BCUT2D eigenvalue weighted by Crippen LogP contribution is 2.20. The zero-order valence-corrected chi connectivity index (χ0v) is 18.5. The summed E-state index contributed by atoms with van der Waals surface area (Å²) in [7, 11) is 0. The number of carbonyl (C=O) groups excluding carboxylic acids is 1. The Morgan fingerprint density at radius 3 is 1.74 bits per heavy atom. The molecule has 0 aliphatic carbocycles. The number of nitrogens with zero attached hydrogens (tertiary/aromatic N) is 1. The lowest BCUT2D eigenvalue weighted by Crippen LogP contribution is -2.35. The fourth-order valence-corrected chi connectivity index (χ4v) is 4.33. The van der Waals surface area contributed by atoms with Gasteiger partial charge < -0.3 is 4.74 Å². The lowest BCUT2D eigenvalue weighted by molar-refractivity contribution is -0.144. The predicted octanol–water partition coefficient (Wildman–Crippen LogP) is 6.89. The van der Waals surface area contributed by atoms with Crippen molar-refractivity contribution in [1.29, 1.82) is 0 Å². The van der Waals surface area contributed by atoms with Gasteiger partial charge in [0.1, 0.15) is 0 Å². The summed E-state index contributed by atoms with van der Waals surface area (Å²) in [4.78, 5) is 14.4. The number of esters is 1. The third kappa shape index (κ3) is 13.3. The van der Waals surface area contributed by atoms with Crippen LogP contribution in [0.1, 0.15) is 123 Å². The van der Waals surface area contributed by atoms with Crippen LogP contribution < -0.4 is 0 Å². The van der Waals surface area contributed by atoms with Crippen molar-refractivity contribution >= 4 is 5.97 Å². The molecule has 3 heteroatoms. The molecule has 1 rings (SSSR count). The maximum Gasteiger partial charge on any atom is 0.307 e. The summed E-state index contributed by atoms with van der Waals surface area (Å²) >= 11 is 0.